The summed E-state index contributed by atoms with van der Waals surface area (Å²) in [5, 5.41) is 2.87. The van der Waals surface area contributed by atoms with Crippen LogP contribution in [0.4, 0.5) is 4.79 Å². The maximum Gasteiger partial charge on any atom is 0.320 e. The molecule has 118 valence electrons. The van der Waals surface area contributed by atoms with Gasteiger partial charge in [-0.2, -0.15) is 0 Å². The molecule has 0 unspecified atom stereocenters. The van der Waals surface area contributed by atoms with Crippen molar-refractivity contribution in [2.75, 3.05) is 26.7 Å². The Hall–Kier alpha value is -2.24. The molecular weight excluding hydrogens is 282 g/mol. The summed E-state index contributed by atoms with van der Waals surface area (Å²) >= 11 is 0. The number of likely N-dealkylation sites (N-methyl/N-ethyl adjacent to an activating group) is 1. The summed E-state index contributed by atoms with van der Waals surface area (Å²) in [7, 11) is 1.74. The fourth-order valence-electron chi connectivity index (χ4n) is 2.87. The zero-order valence-electron chi connectivity index (χ0n) is 13.0. The van der Waals surface area contributed by atoms with E-state index >= 15 is 0 Å². The van der Waals surface area contributed by atoms with Crippen LogP contribution >= 0.6 is 0 Å². The third kappa shape index (κ3) is 3.00. The molecule has 6 nitrogen and oxygen atoms in total. The van der Waals surface area contributed by atoms with Crippen LogP contribution in [0.1, 0.15) is 18.1 Å². The van der Waals surface area contributed by atoms with Crippen molar-refractivity contribution in [1.29, 1.82) is 0 Å². The molecule has 1 aromatic rings. The van der Waals surface area contributed by atoms with Crippen LogP contribution in [-0.4, -0.2) is 54.5 Å². The van der Waals surface area contributed by atoms with Gasteiger partial charge >= 0.3 is 6.03 Å². The molecule has 2 aliphatic heterocycles. The van der Waals surface area contributed by atoms with Gasteiger partial charge < -0.3 is 19.9 Å². The summed E-state index contributed by atoms with van der Waals surface area (Å²) in [6, 6.07) is 5.91. The topological polar surface area (TPSA) is 61.9 Å². The fourth-order valence-corrected chi connectivity index (χ4v) is 2.87. The lowest BCUT2D eigenvalue weighted by Crippen LogP contribution is -2.39. The molecule has 0 radical (unpaired) electrons. The van der Waals surface area contributed by atoms with Gasteiger partial charge in [0.15, 0.2) is 0 Å². The van der Waals surface area contributed by atoms with Gasteiger partial charge in [-0.15, -0.1) is 0 Å². The molecule has 0 aromatic heterocycles. The predicted octanol–water partition coefficient (Wildman–Crippen LogP) is 0.994. The molecule has 0 aliphatic carbocycles. The van der Waals surface area contributed by atoms with Crippen molar-refractivity contribution in [1.82, 2.24) is 15.1 Å². The van der Waals surface area contributed by atoms with Gasteiger partial charge in [-0.1, -0.05) is 12.1 Å². The number of fused-ring (bicyclic) bond motifs is 1. The second-order valence-electron chi connectivity index (χ2n) is 5.98. The third-order valence-corrected chi connectivity index (χ3v) is 4.09. The second-order valence-corrected chi connectivity index (χ2v) is 5.98. The number of nitrogens with zero attached hydrogens (tertiary/aromatic N) is 2. The first-order valence-corrected chi connectivity index (χ1v) is 7.58. The Morgan fingerprint density at radius 3 is 2.95 bits per heavy atom. The van der Waals surface area contributed by atoms with E-state index in [0.717, 1.165) is 17.7 Å². The minimum Gasteiger partial charge on any atom is -0.490 e. The SMILES string of the molecule is C[C@H]1Cc2cc(CNC(=O)CN3CCN(C)C3=O)ccc2O1. The molecule has 2 heterocycles. The highest BCUT2D eigenvalue weighted by atomic mass is 16.5. The molecule has 0 bridgehead atoms. The summed E-state index contributed by atoms with van der Waals surface area (Å²) in [5.74, 6) is 0.807. The van der Waals surface area contributed by atoms with Crippen molar-refractivity contribution in [3.05, 3.63) is 29.3 Å². The summed E-state index contributed by atoms with van der Waals surface area (Å²) in [6.07, 6.45) is 1.13. The summed E-state index contributed by atoms with van der Waals surface area (Å²) in [5.41, 5.74) is 2.24. The van der Waals surface area contributed by atoms with E-state index in [1.54, 1.807) is 16.8 Å². The fraction of sp³-hybridized carbons (Fsp3) is 0.500. The molecule has 0 saturated carbocycles. The van der Waals surface area contributed by atoms with Crippen LogP contribution in [0.2, 0.25) is 0 Å². The van der Waals surface area contributed by atoms with Crippen LogP contribution in [0.25, 0.3) is 0 Å². The summed E-state index contributed by atoms with van der Waals surface area (Å²) in [6.45, 7) is 3.92. The molecule has 0 spiro atoms. The van der Waals surface area contributed by atoms with Gasteiger partial charge in [0.25, 0.3) is 0 Å². The molecule has 3 rings (SSSR count). The van der Waals surface area contributed by atoms with E-state index in [1.165, 1.54) is 5.56 Å². The van der Waals surface area contributed by atoms with Crippen molar-refractivity contribution >= 4 is 11.9 Å². The highest BCUT2D eigenvalue weighted by Crippen LogP contribution is 2.29. The monoisotopic (exact) mass is 303 g/mol. The normalized spacial score (nSPS) is 20.1. The Kier molecular flexibility index (Phi) is 3.92. The molecular formula is C16H21N3O3. The maximum atomic E-state index is 12.0. The number of carbonyl (C=O) groups excluding carboxylic acids is 2. The molecule has 1 N–H and O–H groups in total. The quantitative estimate of drug-likeness (QED) is 0.902. The first kappa shape index (κ1) is 14.7. The van der Waals surface area contributed by atoms with Gasteiger partial charge in [0.05, 0.1) is 0 Å². The van der Waals surface area contributed by atoms with E-state index in [4.69, 9.17) is 4.74 Å². The number of urea groups is 1. The van der Waals surface area contributed by atoms with E-state index in [-0.39, 0.29) is 24.6 Å². The maximum absolute atomic E-state index is 12.0. The van der Waals surface area contributed by atoms with Gasteiger partial charge in [0, 0.05) is 33.1 Å². The first-order valence-electron chi connectivity index (χ1n) is 7.58. The third-order valence-electron chi connectivity index (χ3n) is 4.09. The molecule has 2 aliphatic rings. The largest absolute Gasteiger partial charge is 0.490 e. The van der Waals surface area contributed by atoms with Crippen molar-refractivity contribution in [2.45, 2.75) is 26.0 Å². The van der Waals surface area contributed by atoms with Gasteiger partial charge in [-0.05, 0) is 24.1 Å². The highest BCUT2D eigenvalue weighted by Gasteiger charge is 2.26. The standard InChI is InChI=1S/C16H21N3O3/c1-11-7-13-8-12(3-4-14(13)22-11)9-17-15(20)10-19-6-5-18(2)16(19)21/h3-4,8,11H,5-7,9-10H2,1-2H3,(H,17,20)/t11-/m0/s1. The van der Waals surface area contributed by atoms with E-state index < -0.39 is 0 Å². The van der Waals surface area contributed by atoms with Crippen molar-refractivity contribution < 1.29 is 14.3 Å². The average molecular weight is 303 g/mol. The average Bonchev–Trinajstić information content (AvgIpc) is 3.00. The lowest BCUT2D eigenvalue weighted by molar-refractivity contribution is -0.121. The first-order chi connectivity index (χ1) is 10.5. The number of hydrogen-bond acceptors (Lipinski definition) is 3. The zero-order chi connectivity index (χ0) is 15.7. The lowest BCUT2D eigenvalue weighted by Gasteiger charge is -2.15. The number of carbonyl (C=O) groups is 2. The van der Waals surface area contributed by atoms with Crippen molar-refractivity contribution in [2.24, 2.45) is 0 Å². The Morgan fingerprint density at radius 2 is 2.23 bits per heavy atom. The van der Waals surface area contributed by atoms with Crippen LogP contribution < -0.4 is 10.1 Å². The van der Waals surface area contributed by atoms with E-state index in [2.05, 4.69) is 11.4 Å². The molecule has 3 amide bonds. The van der Waals surface area contributed by atoms with E-state index in [1.807, 2.05) is 19.1 Å². The molecule has 1 fully saturated rings. The number of benzene rings is 1. The van der Waals surface area contributed by atoms with Gasteiger partial charge in [0.1, 0.15) is 18.4 Å². The molecule has 6 heteroatoms. The minimum atomic E-state index is -0.131. The van der Waals surface area contributed by atoms with Gasteiger partial charge in [0.2, 0.25) is 5.91 Å². The Bertz CT molecular complexity index is 602. The van der Waals surface area contributed by atoms with Crippen molar-refractivity contribution in [3.63, 3.8) is 0 Å². The molecule has 22 heavy (non-hydrogen) atoms. The number of rotatable bonds is 4. The van der Waals surface area contributed by atoms with Crippen LogP contribution in [0.3, 0.4) is 0 Å². The smallest absolute Gasteiger partial charge is 0.320 e. The van der Waals surface area contributed by atoms with E-state index in [0.29, 0.717) is 19.6 Å². The van der Waals surface area contributed by atoms with Crippen LogP contribution in [0.5, 0.6) is 5.75 Å². The minimum absolute atomic E-state index is 0.0844. The second kappa shape index (κ2) is 5.87. The lowest BCUT2D eigenvalue weighted by atomic mass is 10.1. The zero-order valence-corrected chi connectivity index (χ0v) is 13.0. The van der Waals surface area contributed by atoms with Crippen LogP contribution in [0, 0.1) is 0 Å². The predicted molar refractivity (Wildman–Crippen MR) is 81.7 cm³/mol. The Balaban J connectivity index is 1.51. The molecule has 1 saturated heterocycles. The number of ether oxygens (including phenoxy) is 1. The van der Waals surface area contributed by atoms with Crippen LogP contribution in [-0.2, 0) is 17.8 Å². The Labute approximate surface area is 130 Å². The van der Waals surface area contributed by atoms with E-state index in [9.17, 15) is 9.59 Å². The Morgan fingerprint density at radius 1 is 1.41 bits per heavy atom. The van der Waals surface area contributed by atoms with Gasteiger partial charge in [-0.25, -0.2) is 4.79 Å². The van der Waals surface area contributed by atoms with Crippen LogP contribution in [0.15, 0.2) is 18.2 Å². The van der Waals surface area contributed by atoms with Gasteiger partial charge in [-0.3, -0.25) is 4.79 Å². The number of nitrogens with one attached hydrogen (secondary N) is 1. The molecule has 1 atom stereocenters. The van der Waals surface area contributed by atoms with Crippen molar-refractivity contribution in [3.8, 4) is 5.75 Å². The highest BCUT2D eigenvalue weighted by molar-refractivity contribution is 5.84. The summed E-state index contributed by atoms with van der Waals surface area (Å²) in [4.78, 5) is 26.9. The molecule has 1 aromatic carbocycles. The summed E-state index contributed by atoms with van der Waals surface area (Å²) < 4.78 is 5.66. The number of amides is 3. The number of hydrogen-bond donors (Lipinski definition) is 1.